The van der Waals surface area contributed by atoms with Crippen LogP contribution in [-0.4, -0.2) is 26.0 Å². The summed E-state index contributed by atoms with van der Waals surface area (Å²) in [6.07, 6.45) is 0. The summed E-state index contributed by atoms with van der Waals surface area (Å²) < 4.78 is 10.2. The van der Waals surface area contributed by atoms with Crippen LogP contribution in [0.1, 0.15) is 17.3 Å². The zero-order valence-electron chi connectivity index (χ0n) is 13.2. The minimum absolute atomic E-state index is 0.220. The SMILES string of the molecule is COc1ccc(C(=O)Nc2ccc(OC)c(NC(C)=O)c2)cc1. The maximum absolute atomic E-state index is 12.2. The Morgan fingerprint density at radius 3 is 2.17 bits per heavy atom. The van der Waals surface area contributed by atoms with Crippen LogP contribution in [0, 0.1) is 0 Å². The van der Waals surface area contributed by atoms with Gasteiger partial charge in [0, 0.05) is 18.2 Å². The molecule has 6 heteroatoms. The summed E-state index contributed by atoms with van der Waals surface area (Å²) in [7, 11) is 3.08. The number of anilines is 2. The summed E-state index contributed by atoms with van der Waals surface area (Å²) in [6, 6.07) is 11.8. The number of carbonyl (C=O) groups excluding carboxylic acids is 2. The Bertz CT molecular complexity index is 711. The molecule has 2 N–H and O–H groups in total. The van der Waals surface area contributed by atoms with Crippen molar-refractivity contribution in [2.45, 2.75) is 6.92 Å². The molecular weight excluding hydrogens is 296 g/mol. The molecule has 23 heavy (non-hydrogen) atoms. The van der Waals surface area contributed by atoms with E-state index in [1.54, 1.807) is 49.6 Å². The van der Waals surface area contributed by atoms with Gasteiger partial charge in [0.15, 0.2) is 0 Å². The molecule has 0 aliphatic heterocycles. The number of ether oxygens (including phenoxy) is 2. The fourth-order valence-electron chi connectivity index (χ4n) is 2.02. The van der Waals surface area contributed by atoms with Gasteiger partial charge in [0.05, 0.1) is 19.9 Å². The minimum atomic E-state index is -0.258. The van der Waals surface area contributed by atoms with Crippen LogP contribution in [-0.2, 0) is 4.79 Å². The molecule has 0 aliphatic rings. The van der Waals surface area contributed by atoms with E-state index in [4.69, 9.17) is 9.47 Å². The molecule has 6 nitrogen and oxygen atoms in total. The quantitative estimate of drug-likeness (QED) is 0.889. The number of rotatable bonds is 5. The normalized spacial score (nSPS) is 9.87. The number of hydrogen-bond donors (Lipinski definition) is 2. The number of benzene rings is 2. The third-order valence-corrected chi connectivity index (χ3v) is 3.12. The summed E-state index contributed by atoms with van der Waals surface area (Å²) in [5.41, 5.74) is 1.55. The largest absolute Gasteiger partial charge is 0.497 e. The first kappa shape index (κ1) is 16.4. The van der Waals surface area contributed by atoms with Gasteiger partial charge in [-0.05, 0) is 42.5 Å². The first-order valence-electron chi connectivity index (χ1n) is 6.94. The Morgan fingerprint density at radius 1 is 0.913 bits per heavy atom. The molecule has 2 aromatic carbocycles. The van der Waals surface area contributed by atoms with Crippen LogP contribution in [0.5, 0.6) is 11.5 Å². The van der Waals surface area contributed by atoms with E-state index in [0.717, 1.165) is 0 Å². The predicted octanol–water partition coefficient (Wildman–Crippen LogP) is 2.91. The Morgan fingerprint density at radius 2 is 1.61 bits per heavy atom. The molecule has 0 fully saturated rings. The first-order chi connectivity index (χ1) is 11.0. The molecule has 2 aromatic rings. The van der Waals surface area contributed by atoms with Gasteiger partial charge in [-0.1, -0.05) is 0 Å². The van der Waals surface area contributed by atoms with Gasteiger partial charge in [0.1, 0.15) is 11.5 Å². The van der Waals surface area contributed by atoms with Gasteiger partial charge in [-0.3, -0.25) is 9.59 Å². The van der Waals surface area contributed by atoms with Gasteiger partial charge in [-0.15, -0.1) is 0 Å². The summed E-state index contributed by atoms with van der Waals surface area (Å²) in [6.45, 7) is 1.40. The molecule has 0 bridgehead atoms. The molecule has 0 aliphatic carbocycles. The zero-order valence-corrected chi connectivity index (χ0v) is 13.2. The van der Waals surface area contributed by atoms with E-state index in [2.05, 4.69) is 10.6 Å². The number of nitrogens with one attached hydrogen (secondary N) is 2. The molecule has 0 heterocycles. The van der Waals surface area contributed by atoms with Gasteiger partial charge in [0.25, 0.3) is 5.91 Å². The highest BCUT2D eigenvalue weighted by atomic mass is 16.5. The lowest BCUT2D eigenvalue weighted by Gasteiger charge is -2.12. The van der Waals surface area contributed by atoms with Crippen LogP contribution >= 0.6 is 0 Å². The molecular formula is C17H18N2O4. The molecule has 0 atom stereocenters. The number of hydrogen-bond acceptors (Lipinski definition) is 4. The topological polar surface area (TPSA) is 76.7 Å². The average Bonchev–Trinajstić information content (AvgIpc) is 2.54. The zero-order chi connectivity index (χ0) is 16.8. The number of amides is 2. The summed E-state index contributed by atoms with van der Waals surface area (Å²) in [5, 5.41) is 5.44. The Kier molecular flexibility index (Phi) is 5.19. The standard InChI is InChI=1S/C17H18N2O4/c1-11(20)18-15-10-13(6-9-16(15)23-3)19-17(21)12-4-7-14(22-2)8-5-12/h4-10H,1-3H3,(H,18,20)(H,19,21). The lowest BCUT2D eigenvalue weighted by Crippen LogP contribution is -2.13. The van der Waals surface area contributed by atoms with Crippen molar-refractivity contribution in [2.24, 2.45) is 0 Å². The second-order valence-corrected chi connectivity index (χ2v) is 4.78. The Labute approximate surface area is 134 Å². The summed E-state index contributed by atoms with van der Waals surface area (Å²) >= 11 is 0. The van der Waals surface area contributed by atoms with E-state index < -0.39 is 0 Å². The van der Waals surface area contributed by atoms with Crippen molar-refractivity contribution in [3.05, 3.63) is 48.0 Å². The maximum Gasteiger partial charge on any atom is 0.255 e. The van der Waals surface area contributed by atoms with E-state index in [-0.39, 0.29) is 11.8 Å². The highest BCUT2D eigenvalue weighted by molar-refractivity contribution is 6.05. The van der Waals surface area contributed by atoms with Crippen LogP contribution in [0.4, 0.5) is 11.4 Å². The van der Waals surface area contributed by atoms with Crippen molar-refractivity contribution in [3.63, 3.8) is 0 Å². The van der Waals surface area contributed by atoms with Crippen LogP contribution in [0.25, 0.3) is 0 Å². The second-order valence-electron chi connectivity index (χ2n) is 4.78. The molecule has 0 spiro atoms. The van der Waals surface area contributed by atoms with Crippen molar-refractivity contribution in [1.82, 2.24) is 0 Å². The monoisotopic (exact) mass is 314 g/mol. The molecule has 2 rings (SSSR count). The van der Waals surface area contributed by atoms with Crippen molar-refractivity contribution < 1.29 is 19.1 Å². The van der Waals surface area contributed by atoms with Crippen molar-refractivity contribution in [3.8, 4) is 11.5 Å². The van der Waals surface area contributed by atoms with Gasteiger partial charge in [-0.2, -0.15) is 0 Å². The van der Waals surface area contributed by atoms with Gasteiger partial charge in [-0.25, -0.2) is 0 Å². The summed E-state index contributed by atoms with van der Waals surface area (Å²) in [5.74, 6) is 0.718. The van der Waals surface area contributed by atoms with Crippen LogP contribution < -0.4 is 20.1 Å². The van der Waals surface area contributed by atoms with Crippen LogP contribution in [0.3, 0.4) is 0 Å². The Hall–Kier alpha value is -3.02. The number of carbonyl (C=O) groups is 2. The third kappa shape index (κ3) is 4.23. The van der Waals surface area contributed by atoms with E-state index in [1.807, 2.05) is 0 Å². The van der Waals surface area contributed by atoms with Gasteiger partial charge < -0.3 is 20.1 Å². The molecule has 0 unspecified atom stereocenters. The van der Waals surface area contributed by atoms with Gasteiger partial charge in [0.2, 0.25) is 5.91 Å². The fourth-order valence-corrected chi connectivity index (χ4v) is 2.02. The average molecular weight is 314 g/mol. The number of methoxy groups -OCH3 is 2. The van der Waals surface area contributed by atoms with E-state index in [9.17, 15) is 9.59 Å². The highest BCUT2D eigenvalue weighted by Crippen LogP contribution is 2.28. The Balaban J connectivity index is 2.18. The van der Waals surface area contributed by atoms with E-state index in [0.29, 0.717) is 28.4 Å². The molecule has 0 aromatic heterocycles. The second kappa shape index (κ2) is 7.31. The first-order valence-corrected chi connectivity index (χ1v) is 6.94. The predicted molar refractivity (Wildman–Crippen MR) is 88.2 cm³/mol. The van der Waals surface area contributed by atoms with Crippen molar-refractivity contribution in [1.29, 1.82) is 0 Å². The van der Waals surface area contributed by atoms with Crippen LogP contribution in [0.15, 0.2) is 42.5 Å². The fraction of sp³-hybridized carbons (Fsp3) is 0.176. The smallest absolute Gasteiger partial charge is 0.255 e. The van der Waals surface area contributed by atoms with E-state index >= 15 is 0 Å². The lowest BCUT2D eigenvalue weighted by molar-refractivity contribution is -0.114. The highest BCUT2D eigenvalue weighted by Gasteiger charge is 2.10. The molecule has 0 radical (unpaired) electrons. The summed E-state index contributed by atoms with van der Waals surface area (Å²) in [4.78, 5) is 23.5. The third-order valence-electron chi connectivity index (χ3n) is 3.12. The van der Waals surface area contributed by atoms with Crippen molar-refractivity contribution >= 4 is 23.2 Å². The molecule has 0 saturated carbocycles. The molecule has 120 valence electrons. The van der Waals surface area contributed by atoms with Gasteiger partial charge >= 0.3 is 0 Å². The minimum Gasteiger partial charge on any atom is -0.497 e. The molecule has 0 saturated heterocycles. The van der Waals surface area contributed by atoms with Crippen molar-refractivity contribution in [2.75, 3.05) is 24.9 Å². The molecule has 2 amide bonds. The lowest BCUT2D eigenvalue weighted by atomic mass is 10.2. The van der Waals surface area contributed by atoms with Crippen LogP contribution in [0.2, 0.25) is 0 Å². The van der Waals surface area contributed by atoms with E-state index in [1.165, 1.54) is 14.0 Å². The maximum atomic E-state index is 12.2.